The minimum absolute atomic E-state index is 0.0459. The quantitative estimate of drug-likeness (QED) is 0.915. The minimum Gasteiger partial charge on any atom is -0.508 e. The molecular weight excluding hydrogens is 266 g/mol. The number of ether oxygens (including phenoxy) is 1. The topological polar surface area (TPSA) is 66.8 Å². The zero-order valence-electron chi connectivity index (χ0n) is 11.1. The van der Waals surface area contributed by atoms with Crippen LogP contribution in [0, 0.1) is 0 Å². The highest BCUT2D eigenvalue weighted by atomic mass is 32.2. The summed E-state index contributed by atoms with van der Waals surface area (Å²) in [5.41, 5.74) is 0. The summed E-state index contributed by atoms with van der Waals surface area (Å²) in [5.74, 6) is -0.0459. The number of hydrogen-bond donors (Lipinski definition) is 1. The van der Waals surface area contributed by atoms with Crippen molar-refractivity contribution in [2.75, 3.05) is 13.2 Å². The molecule has 1 heterocycles. The van der Waals surface area contributed by atoms with E-state index in [1.807, 2.05) is 13.8 Å². The molecule has 0 aliphatic carbocycles. The van der Waals surface area contributed by atoms with Crippen molar-refractivity contribution < 1.29 is 18.3 Å². The predicted octanol–water partition coefficient (Wildman–Crippen LogP) is 1.58. The largest absolute Gasteiger partial charge is 0.508 e. The van der Waals surface area contributed by atoms with Crippen molar-refractivity contribution in [3.63, 3.8) is 0 Å². The number of rotatable bonds is 3. The summed E-state index contributed by atoms with van der Waals surface area (Å²) in [6.45, 7) is 4.55. The van der Waals surface area contributed by atoms with E-state index in [-0.39, 0.29) is 22.8 Å². The van der Waals surface area contributed by atoms with Crippen molar-refractivity contribution in [2.45, 2.75) is 37.3 Å². The van der Waals surface area contributed by atoms with Gasteiger partial charge in [-0.05, 0) is 31.5 Å². The second-order valence-electron chi connectivity index (χ2n) is 4.78. The number of aromatic hydroxyl groups is 1. The molecule has 1 aromatic rings. The average molecular weight is 285 g/mol. The normalized spacial score (nSPS) is 25.4. The van der Waals surface area contributed by atoms with E-state index in [9.17, 15) is 13.5 Å². The summed E-state index contributed by atoms with van der Waals surface area (Å²) >= 11 is 0. The van der Waals surface area contributed by atoms with Crippen LogP contribution in [0.25, 0.3) is 0 Å². The third-order valence-electron chi connectivity index (χ3n) is 3.31. The first-order chi connectivity index (χ1) is 8.95. The molecule has 0 amide bonds. The molecule has 1 saturated heterocycles. The Kier molecular flexibility index (Phi) is 4.13. The maximum Gasteiger partial charge on any atom is 0.243 e. The molecule has 1 aromatic carbocycles. The first-order valence-corrected chi connectivity index (χ1v) is 7.81. The Bertz CT molecular complexity index is 543. The van der Waals surface area contributed by atoms with Crippen molar-refractivity contribution in [1.82, 2.24) is 4.31 Å². The first-order valence-electron chi connectivity index (χ1n) is 6.37. The van der Waals surface area contributed by atoms with E-state index in [1.54, 1.807) is 0 Å². The molecule has 2 atom stereocenters. The molecule has 1 N–H and O–H groups in total. The second-order valence-corrected chi connectivity index (χ2v) is 6.67. The number of phenols is 1. The summed E-state index contributed by atoms with van der Waals surface area (Å²) in [6.07, 6.45) is 0.583. The Balaban J connectivity index is 2.36. The number of nitrogens with zero attached hydrogens (tertiary/aromatic N) is 1. The molecular formula is C13H19NO4S. The van der Waals surface area contributed by atoms with Crippen molar-refractivity contribution in [3.05, 3.63) is 24.3 Å². The Labute approximate surface area is 113 Å². The summed E-state index contributed by atoms with van der Waals surface area (Å²) in [4.78, 5) is 0.125. The summed E-state index contributed by atoms with van der Waals surface area (Å²) < 4.78 is 32.2. The Morgan fingerprint density at radius 1 is 1.47 bits per heavy atom. The van der Waals surface area contributed by atoms with Crippen LogP contribution >= 0.6 is 0 Å². The Morgan fingerprint density at radius 2 is 2.21 bits per heavy atom. The maximum absolute atomic E-state index is 12.6. The van der Waals surface area contributed by atoms with Crippen LogP contribution in [0.4, 0.5) is 0 Å². The van der Waals surface area contributed by atoms with Gasteiger partial charge >= 0.3 is 0 Å². The van der Waals surface area contributed by atoms with E-state index in [4.69, 9.17) is 4.74 Å². The highest BCUT2D eigenvalue weighted by Crippen LogP contribution is 2.25. The predicted molar refractivity (Wildman–Crippen MR) is 71.5 cm³/mol. The molecule has 0 radical (unpaired) electrons. The van der Waals surface area contributed by atoms with Crippen LogP contribution in [-0.2, 0) is 14.8 Å². The van der Waals surface area contributed by atoms with Gasteiger partial charge in [0.1, 0.15) is 5.75 Å². The minimum atomic E-state index is -3.59. The van der Waals surface area contributed by atoms with Gasteiger partial charge < -0.3 is 9.84 Å². The summed E-state index contributed by atoms with van der Waals surface area (Å²) in [5, 5.41) is 9.44. The molecule has 1 fully saturated rings. The molecule has 0 aromatic heterocycles. The smallest absolute Gasteiger partial charge is 0.243 e. The zero-order chi connectivity index (χ0) is 14.0. The molecule has 0 spiro atoms. The van der Waals surface area contributed by atoms with E-state index >= 15 is 0 Å². The highest BCUT2D eigenvalue weighted by molar-refractivity contribution is 7.89. The van der Waals surface area contributed by atoms with E-state index < -0.39 is 10.0 Å². The van der Waals surface area contributed by atoms with Crippen LogP contribution < -0.4 is 0 Å². The van der Waals surface area contributed by atoms with E-state index in [1.165, 1.54) is 28.6 Å². The van der Waals surface area contributed by atoms with Gasteiger partial charge in [0, 0.05) is 12.6 Å². The lowest BCUT2D eigenvalue weighted by molar-refractivity contribution is -0.0230. The standard InChI is InChI=1S/C13H19NO4S/c1-3-11-9-18-10(2)8-14(11)19(16,17)13-6-4-5-12(15)7-13/h4-7,10-11,15H,3,8-9H2,1-2H3. The SMILES string of the molecule is CCC1COC(C)CN1S(=O)(=O)c1cccc(O)c1. The van der Waals surface area contributed by atoms with Crippen LogP contribution in [0.1, 0.15) is 20.3 Å². The number of phenolic OH excluding ortho intramolecular Hbond substituents is 1. The van der Waals surface area contributed by atoms with Crippen molar-refractivity contribution >= 4 is 10.0 Å². The van der Waals surface area contributed by atoms with Gasteiger partial charge in [0.2, 0.25) is 10.0 Å². The molecule has 106 valence electrons. The third-order valence-corrected chi connectivity index (χ3v) is 5.23. The van der Waals surface area contributed by atoms with Gasteiger partial charge in [-0.2, -0.15) is 4.31 Å². The van der Waals surface area contributed by atoms with Crippen LogP contribution in [0.15, 0.2) is 29.2 Å². The fourth-order valence-electron chi connectivity index (χ4n) is 2.21. The molecule has 2 unspecified atom stereocenters. The Morgan fingerprint density at radius 3 is 2.84 bits per heavy atom. The van der Waals surface area contributed by atoms with Crippen molar-refractivity contribution in [1.29, 1.82) is 0 Å². The first kappa shape index (κ1) is 14.3. The Hall–Kier alpha value is -1.11. The number of morpholine rings is 1. The highest BCUT2D eigenvalue weighted by Gasteiger charge is 2.35. The lowest BCUT2D eigenvalue weighted by atomic mass is 10.2. The fraction of sp³-hybridized carbons (Fsp3) is 0.538. The molecule has 5 nitrogen and oxygen atoms in total. The molecule has 6 heteroatoms. The molecule has 1 aliphatic heterocycles. The van der Waals surface area contributed by atoms with Gasteiger partial charge in [0.25, 0.3) is 0 Å². The molecule has 19 heavy (non-hydrogen) atoms. The lowest BCUT2D eigenvalue weighted by Crippen LogP contribution is -2.51. The number of benzene rings is 1. The molecule has 0 saturated carbocycles. The van der Waals surface area contributed by atoms with Crippen molar-refractivity contribution in [2.24, 2.45) is 0 Å². The van der Waals surface area contributed by atoms with Gasteiger partial charge in [0.15, 0.2) is 0 Å². The zero-order valence-corrected chi connectivity index (χ0v) is 11.9. The van der Waals surface area contributed by atoms with Crippen LogP contribution in [0.3, 0.4) is 0 Å². The summed E-state index contributed by atoms with van der Waals surface area (Å²) in [6, 6.07) is 5.62. The van der Waals surface area contributed by atoms with Gasteiger partial charge in [-0.25, -0.2) is 8.42 Å². The van der Waals surface area contributed by atoms with Gasteiger partial charge in [-0.3, -0.25) is 0 Å². The summed E-state index contributed by atoms with van der Waals surface area (Å²) in [7, 11) is -3.59. The van der Waals surface area contributed by atoms with Gasteiger partial charge in [-0.1, -0.05) is 13.0 Å². The van der Waals surface area contributed by atoms with Gasteiger partial charge in [-0.15, -0.1) is 0 Å². The second kappa shape index (κ2) is 5.48. The van der Waals surface area contributed by atoms with Crippen LogP contribution in [0.2, 0.25) is 0 Å². The number of hydrogen-bond acceptors (Lipinski definition) is 4. The maximum atomic E-state index is 12.6. The van der Waals surface area contributed by atoms with E-state index in [0.29, 0.717) is 19.6 Å². The number of sulfonamides is 1. The van der Waals surface area contributed by atoms with Gasteiger partial charge in [0.05, 0.1) is 17.6 Å². The van der Waals surface area contributed by atoms with E-state index in [2.05, 4.69) is 0 Å². The van der Waals surface area contributed by atoms with E-state index in [0.717, 1.165) is 0 Å². The van der Waals surface area contributed by atoms with Crippen LogP contribution in [0.5, 0.6) is 5.75 Å². The fourth-order valence-corrected chi connectivity index (χ4v) is 4.01. The molecule has 1 aliphatic rings. The lowest BCUT2D eigenvalue weighted by Gasteiger charge is -2.37. The third kappa shape index (κ3) is 2.91. The molecule has 0 bridgehead atoms. The molecule has 2 rings (SSSR count). The monoisotopic (exact) mass is 285 g/mol. The van der Waals surface area contributed by atoms with Crippen molar-refractivity contribution in [3.8, 4) is 5.75 Å². The van der Waals surface area contributed by atoms with Crippen LogP contribution in [-0.4, -0.2) is 43.1 Å². The average Bonchev–Trinajstić information content (AvgIpc) is 2.38.